The Labute approximate surface area is 79.3 Å². The van der Waals surface area contributed by atoms with Gasteiger partial charge in [-0.25, -0.2) is 13.2 Å². The molecule has 5 heteroatoms. The van der Waals surface area contributed by atoms with Crippen LogP contribution in [0.5, 0.6) is 0 Å². The van der Waals surface area contributed by atoms with Crippen LogP contribution in [-0.4, -0.2) is 0 Å². The number of rotatable bonds is 0. The standard InChI is InChI=1S/C8H2BrF3O/c9-4-6(11)7(12)5(10)3-1-2-13-8(3)4/h1-2H. The van der Waals surface area contributed by atoms with Crippen molar-refractivity contribution in [1.82, 2.24) is 0 Å². The first-order valence-corrected chi connectivity index (χ1v) is 4.11. The van der Waals surface area contributed by atoms with Crippen molar-refractivity contribution in [3.63, 3.8) is 0 Å². The molecule has 1 nitrogen and oxygen atoms in total. The molecule has 0 radical (unpaired) electrons. The summed E-state index contributed by atoms with van der Waals surface area (Å²) >= 11 is 2.77. The average molecular weight is 251 g/mol. The summed E-state index contributed by atoms with van der Waals surface area (Å²) in [5.74, 6) is -4.01. The third-order valence-corrected chi connectivity index (χ3v) is 2.39. The molecule has 0 atom stereocenters. The maximum absolute atomic E-state index is 13.0. The second-order valence-corrected chi connectivity index (χ2v) is 3.21. The molecule has 0 aliphatic carbocycles. The Morgan fingerprint density at radius 3 is 2.46 bits per heavy atom. The predicted octanol–water partition coefficient (Wildman–Crippen LogP) is 3.61. The maximum atomic E-state index is 13.0. The van der Waals surface area contributed by atoms with Crippen LogP contribution in [0.2, 0.25) is 0 Å². The molecule has 1 aromatic carbocycles. The minimum atomic E-state index is -1.50. The average Bonchev–Trinajstić information content (AvgIpc) is 2.59. The Morgan fingerprint density at radius 1 is 1.08 bits per heavy atom. The van der Waals surface area contributed by atoms with Gasteiger partial charge in [-0.15, -0.1) is 0 Å². The van der Waals surface area contributed by atoms with E-state index in [4.69, 9.17) is 4.42 Å². The number of benzene rings is 1. The maximum Gasteiger partial charge on any atom is 0.196 e. The first-order chi connectivity index (χ1) is 6.13. The summed E-state index contributed by atoms with van der Waals surface area (Å²) in [6.45, 7) is 0. The lowest BCUT2D eigenvalue weighted by atomic mass is 10.2. The van der Waals surface area contributed by atoms with E-state index in [1.54, 1.807) is 0 Å². The molecular formula is C8H2BrF3O. The second kappa shape index (κ2) is 2.77. The second-order valence-electron chi connectivity index (χ2n) is 2.42. The Hall–Kier alpha value is -0.970. The number of furan rings is 1. The summed E-state index contributed by atoms with van der Waals surface area (Å²) in [5, 5.41) is -0.0780. The van der Waals surface area contributed by atoms with Crippen LogP contribution < -0.4 is 0 Å². The van der Waals surface area contributed by atoms with Crippen molar-refractivity contribution >= 4 is 26.9 Å². The fourth-order valence-corrected chi connectivity index (χ4v) is 1.54. The van der Waals surface area contributed by atoms with E-state index >= 15 is 0 Å². The molecule has 0 aliphatic rings. The van der Waals surface area contributed by atoms with Crippen LogP contribution >= 0.6 is 15.9 Å². The molecule has 0 fully saturated rings. The van der Waals surface area contributed by atoms with Crippen molar-refractivity contribution in [3.8, 4) is 0 Å². The van der Waals surface area contributed by atoms with E-state index in [1.807, 2.05) is 0 Å². The molecule has 2 aromatic rings. The van der Waals surface area contributed by atoms with Crippen molar-refractivity contribution in [2.75, 3.05) is 0 Å². The Bertz CT molecular complexity index is 436. The zero-order valence-electron chi connectivity index (χ0n) is 6.07. The Morgan fingerprint density at radius 2 is 1.77 bits per heavy atom. The molecule has 0 saturated carbocycles. The highest BCUT2D eigenvalue weighted by atomic mass is 79.9. The Kier molecular flexibility index (Phi) is 1.83. The molecular weight excluding hydrogens is 249 g/mol. The molecule has 13 heavy (non-hydrogen) atoms. The SMILES string of the molecule is Fc1c(F)c(Br)c2occc2c1F. The number of fused-ring (bicyclic) bond motifs is 1. The molecule has 0 N–H and O–H groups in total. The molecule has 0 bridgehead atoms. The molecule has 0 unspecified atom stereocenters. The van der Waals surface area contributed by atoms with Gasteiger partial charge in [-0.1, -0.05) is 0 Å². The van der Waals surface area contributed by atoms with Gasteiger partial charge in [0.2, 0.25) is 0 Å². The van der Waals surface area contributed by atoms with Gasteiger partial charge >= 0.3 is 0 Å². The van der Waals surface area contributed by atoms with Crippen molar-refractivity contribution in [1.29, 1.82) is 0 Å². The molecule has 0 spiro atoms. The molecule has 1 aromatic heterocycles. The first kappa shape index (κ1) is 8.62. The number of halogens is 4. The van der Waals surface area contributed by atoms with Crippen LogP contribution in [0.4, 0.5) is 13.2 Å². The van der Waals surface area contributed by atoms with Gasteiger partial charge in [-0.05, 0) is 22.0 Å². The quantitative estimate of drug-likeness (QED) is 0.514. The fourth-order valence-electron chi connectivity index (χ4n) is 1.06. The molecule has 1 heterocycles. The van der Waals surface area contributed by atoms with E-state index in [0.29, 0.717) is 0 Å². The normalized spacial score (nSPS) is 11.1. The topological polar surface area (TPSA) is 13.1 Å². The Balaban J connectivity index is 3.02. The summed E-state index contributed by atoms with van der Waals surface area (Å²) in [4.78, 5) is 0. The van der Waals surface area contributed by atoms with Gasteiger partial charge in [0.1, 0.15) is 0 Å². The molecule has 0 aliphatic heterocycles. The molecule has 0 amide bonds. The van der Waals surface area contributed by atoms with Gasteiger partial charge in [0.05, 0.1) is 16.1 Å². The minimum Gasteiger partial charge on any atom is -0.463 e. The summed E-state index contributed by atoms with van der Waals surface area (Å²) in [6.07, 6.45) is 1.16. The van der Waals surface area contributed by atoms with Crippen LogP contribution in [-0.2, 0) is 0 Å². The molecule has 68 valence electrons. The summed E-state index contributed by atoms with van der Waals surface area (Å²) in [6, 6.07) is 1.23. The largest absolute Gasteiger partial charge is 0.463 e. The number of hydrogen-bond acceptors (Lipinski definition) is 1. The predicted molar refractivity (Wildman–Crippen MR) is 43.8 cm³/mol. The van der Waals surface area contributed by atoms with Gasteiger partial charge < -0.3 is 4.42 Å². The van der Waals surface area contributed by atoms with Crippen LogP contribution in [0.3, 0.4) is 0 Å². The van der Waals surface area contributed by atoms with Gasteiger partial charge in [0, 0.05) is 0 Å². The van der Waals surface area contributed by atoms with Crippen LogP contribution in [0.15, 0.2) is 21.2 Å². The van der Waals surface area contributed by atoms with Crippen molar-refractivity contribution < 1.29 is 17.6 Å². The summed E-state index contributed by atoms with van der Waals surface area (Å²) in [7, 11) is 0. The van der Waals surface area contributed by atoms with Crippen LogP contribution in [0.25, 0.3) is 11.0 Å². The van der Waals surface area contributed by atoms with E-state index < -0.39 is 17.5 Å². The van der Waals surface area contributed by atoms with E-state index in [0.717, 1.165) is 6.26 Å². The highest BCUT2D eigenvalue weighted by Crippen LogP contribution is 2.32. The zero-order chi connectivity index (χ0) is 9.59. The lowest BCUT2D eigenvalue weighted by molar-refractivity contribution is 0.448. The monoisotopic (exact) mass is 250 g/mol. The van der Waals surface area contributed by atoms with E-state index in [-0.39, 0.29) is 15.4 Å². The lowest BCUT2D eigenvalue weighted by Gasteiger charge is -1.99. The third kappa shape index (κ3) is 1.07. The summed E-state index contributed by atoms with van der Waals surface area (Å²) in [5.41, 5.74) is -0.0311. The zero-order valence-corrected chi connectivity index (χ0v) is 7.66. The molecule has 0 saturated heterocycles. The van der Waals surface area contributed by atoms with Gasteiger partial charge in [-0.2, -0.15) is 0 Å². The van der Waals surface area contributed by atoms with Gasteiger partial charge in [-0.3, -0.25) is 0 Å². The number of hydrogen-bond donors (Lipinski definition) is 0. The van der Waals surface area contributed by atoms with Crippen molar-refractivity contribution in [2.24, 2.45) is 0 Å². The first-order valence-electron chi connectivity index (χ1n) is 3.32. The minimum absolute atomic E-state index is 0.0311. The van der Waals surface area contributed by atoms with E-state index in [9.17, 15) is 13.2 Å². The smallest absolute Gasteiger partial charge is 0.196 e. The van der Waals surface area contributed by atoms with Gasteiger partial charge in [0.15, 0.2) is 23.0 Å². The van der Waals surface area contributed by atoms with E-state index in [1.165, 1.54) is 6.07 Å². The fraction of sp³-hybridized carbons (Fsp3) is 0. The highest BCUT2D eigenvalue weighted by Gasteiger charge is 2.20. The highest BCUT2D eigenvalue weighted by molar-refractivity contribution is 9.10. The lowest BCUT2D eigenvalue weighted by Crippen LogP contribution is -1.92. The summed E-state index contributed by atoms with van der Waals surface area (Å²) < 4.78 is 43.2. The van der Waals surface area contributed by atoms with Crippen LogP contribution in [0.1, 0.15) is 0 Å². The van der Waals surface area contributed by atoms with E-state index in [2.05, 4.69) is 15.9 Å². The van der Waals surface area contributed by atoms with Crippen LogP contribution in [0, 0.1) is 17.5 Å². The van der Waals surface area contributed by atoms with Crippen molar-refractivity contribution in [3.05, 3.63) is 34.3 Å². The molecule has 2 rings (SSSR count). The van der Waals surface area contributed by atoms with Gasteiger partial charge in [0.25, 0.3) is 0 Å². The third-order valence-electron chi connectivity index (χ3n) is 1.68. The van der Waals surface area contributed by atoms with Crippen molar-refractivity contribution in [2.45, 2.75) is 0 Å².